The zero-order valence-electron chi connectivity index (χ0n) is 36.1. The van der Waals surface area contributed by atoms with Crippen LogP contribution in [-0.4, -0.2) is 89.6 Å². The number of aromatic nitrogens is 1. The van der Waals surface area contributed by atoms with Gasteiger partial charge in [-0.1, -0.05) is 76.2 Å². The fourth-order valence-electron chi connectivity index (χ4n) is 9.00. The van der Waals surface area contributed by atoms with E-state index in [0.717, 1.165) is 0 Å². The van der Waals surface area contributed by atoms with Gasteiger partial charge in [0.1, 0.15) is 29.0 Å². The van der Waals surface area contributed by atoms with Crippen LogP contribution >= 0.6 is 15.9 Å². The second-order valence-electron chi connectivity index (χ2n) is 16.5. The van der Waals surface area contributed by atoms with Crippen LogP contribution in [0.3, 0.4) is 0 Å². The Labute approximate surface area is 373 Å². The van der Waals surface area contributed by atoms with E-state index in [2.05, 4.69) is 26.6 Å². The van der Waals surface area contributed by atoms with Gasteiger partial charge in [0.2, 0.25) is 23.6 Å². The first-order valence-electron chi connectivity index (χ1n) is 20.7. The number of likely N-dealkylation sites (tertiary alicyclic amines) is 2. The summed E-state index contributed by atoms with van der Waals surface area (Å²) in [4.78, 5) is 82.4. The average Bonchev–Trinajstić information content (AvgIpc) is 4.01. The lowest BCUT2D eigenvalue weighted by molar-refractivity contribution is -0.146. The number of ether oxygens (including phenoxy) is 2. The van der Waals surface area contributed by atoms with Crippen LogP contribution in [0.5, 0.6) is 0 Å². The maximum atomic E-state index is 14.4. The summed E-state index contributed by atoms with van der Waals surface area (Å²) in [6.45, 7) is 7.63. The number of nitrogens with zero attached hydrogens (tertiary/aromatic N) is 3. The molecule has 0 aliphatic carbocycles. The van der Waals surface area contributed by atoms with Crippen LogP contribution in [0, 0.1) is 17.7 Å². The third-order valence-corrected chi connectivity index (χ3v) is 12.8. The molecule has 63 heavy (non-hydrogen) atoms. The van der Waals surface area contributed by atoms with Crippen LogP contribution in [0.4, 0.5) is 14.0 Å². The van der Waals surface area contributed by atoms with Gasteiger partial charge in [0.15, 0.2) is 0 Å². The Balaban J connectivity index is 1.41. The number of hydrogen-bond acceptors (Lipinski definition) is 8. The quantitative estimate of drug-likeness (QED) is 0.123. The van der Waals surface area contributed by atoms with Crippen molar-refractivity contribution < 1.29 is 42.6 Å². The van der Waals surface area contributed by atoms with Crippen molar-refractivity contribution in [2.24, 2.45) is 23.3 Å². The van der Waals surface area contributed by atoms with Crippen LogP contribution in [0.2, 0.25) is 0 Å². The molecule has 2 fully saturated rings. The van der Waals surface area contributed by atoms with Crippen LogP contribution in [0.1, 0.15) is 64.5 Å². The molecule has 6 amide bonds. The van der Waals surface area contributed by atoms with Gasteiger partial charge in [-0.15, -0.1) is 0 Å². The highest BCUT2D eigenvalue weighted by molar-refractivity contribution is 9.10. The van der Waals surface area contributed by atoms with Crippen LogP contribution < -0.4 is 22.1 Å². The van der Waals surface area contributed by atoms with Crippen molar-refractivity contribution >= 4 is 51.7 Å². The second-order valence-corrected chi connectivity index (χ2v) is 17.4. The van der Waals surface area contributed by atoms with Gasteiger partial charge in [-0.2, -0.15) is 0 Å². The number of alkyl carbamates (subject to hydrolysis) is 2. The minimum Gasteiger partial charge on any atom is -0.453 e. The van der Waals surface area contributed by atoms with Crippen molar-refractivity contribution in [1.29, 1.82) is 0 Å². The molecule has 2 saturated heterocycles. The van der Waals surface area contributed by atoms with Gasteiger partial charge < -0.3 is 45.9 Å². The Hall–Kier alpha value is -6.23. The SMILES string of the molecule is COC(=O)N[C@H](C(=O)N1CCC[C@@]1(C(N)=O)c1ccc(-c2cc(Br)c(-c3ccc([C@]4(C(N)=O)CCCN4C(=O)[C@@H](NC(=O)OC)C(C)C)cc3)n2-c2ccc(F)cc2)cc1)C(C)C. The number of nitrogens with one attached hydrogen (secondary N) is 2. The largest absolute Gasteiger partial charge is 0.453 e. The normalized spacial score (nSPS) is 19.5. The fraction of sp³-hybridized carbons (Fsp3) is 0.391. The number of primary amides is 2. The van der Waals surface area contributed by atoms with Crippen LogP contribution in [-0.2, 0) is 39.7 Å². The van der Waals surface area contributed by atoms with Crippen molar-refractivity contribution in [2.45, 2.75) is 76.5 Å². The number of carbonyl (C=O) groups is 6. The monoisotopic (exact) mass is 929 g/mol. The molecular weight excluding hydrogens is 877 g/mol. The molecule has 6 N–H and O–H groups in total. The van der Waals surface area contributed by atoms with E-state index in [1.165, 1.54) is 36.2 Å². The summed E-state index contributed by atoms with van der Waals surface area (Å²) in [5.74, 6) is -3.39. The van der Waals surface area contributed by atoms with Crippen molar-refractivity contribution in [2.75, 3.05) is 27.3 Å². The van der Waals surface area contributed by atoms with Crippen molar-refractivity contribution in [3.8, 4) is 28.2 Å². The molecule has 0 bridgehead atoms. The molecule has 3 aromatic carbocycles. The molecule has 2 aliphatic rings. The lowest BCUT2D eigenvalue weighted by atomic mass is 9.85. The van der Waals surface area contributed by atoms with E-state index in [1.54, 1.807) is 64.1 Å². The Morgan fingerprint density at radius 3 is 1.46 bits per heavy atom. The average molecular weight is 931 g/mol. The standard InChI is InChI=1S/C46H53BrFN7O8/c1-26(2)36(51-43(60)62-5)39(56)53-23-7-21-45(53,41(49)58)30-13-9-28(10-14-30)35-25-34(47)38(55(35)33-19-17-32(48)18-20-33)29-11-15-31(16-12-29)46(42(50)59)22-8-24-54(46)40(57)37(27(3)4)52-44(61)63-6/h9-20,25-27,36-37H,7-8,21-24H2,1-6H3,(H2,49,58)(H2,50,59)(H,51,60)(H,52,61)/t36-,37-,45-,46-/m0/s1. The molecule has 0 unspecified atom stereocenters. The molecule has 0 spiro atoms. The topological polar surface area (TPSA) is 208 Å². The Bertz CT molecular complexity index is 2390. The Morgan fingerprint density at radius 1 is 0.667 bits per heavy atom. The van der Waals surface area contributed by atoms with Gasteiger partial charge in [-0.25, -0.2) is 14.0 Å². The van der Waals surface area contributed by atoms with E-state index in [4.69, 9.17) is 20.9 Å². The summed E-state index contributed by atoms with van der Waals surface area (Å²) in [5, 5.41) is 5.21. The van der Waals surface area contributed by atoms with Gasteiger partial charge in [0.05, 0.1) is 25.6 Å². The van der Waals surface area contributed by atoms with Crippen molar-refractivity contribution in [3.05, 3.63) is 100 Å². The van der Waals surface area contributed by atoms with E-state index in [1.807, 2.05) is 34.9 Å². The zero-order valence-corrected chi connectivity index (χ0v) is 37.7. The highest BCUT2D eigenvalue weighted by Gasteiger charge is 2.53. The van der Waals surface area contributed by atoms with Crippen LogP contribution in [0.15, 0.2) is 83.3 Å². The van der Waals surface area contributed by atoms with Gasteiger partial charge in [0.25, 0.3) is 0 Å². The zero-order chi connectivity index (χ0) is 46.0. The summed E-state index contributed by atoms with van der Waals surface area (Å²) in [7, 11) is 2.42. The number of rotatable bonds is 13. The third kappa shape index (κ3) is 8.50. The number of methoxy groups -OCH3 is 2. The predicted molar refractivity (Wildman–Crippen MR) is 236 cm³/mol. The number of hydrogen-bond donors (Lipinski definition) is 4. The molecule has 17 heteroatoms. The molecule has 0 saturated carbocycles. The van der Waals surface area contributed by atoms with Crippen molar-refractivity contribution in [3.63, 3.8) is 0 Å². The number of nitrogens with two attached hydrogens (primary N) is 2. The highest BCUT2D eigenvalue weighted by atomic mass is 79.9. The van der Waals surface area contributed by atoms with Crippen molar-refractivity contribution in [1.82, 2.24) is 25.0 Å². The number of amides is 6. The molecule has 15 nitrogen and oxygen atoms in total. The van der Waals surface area contributed by atoms with E-state index >= 15 is 0 Å². The Kier molecular flexibility index (Phi) is 13.7. The van der Waals surface area contributed by atoms with E-state index in [-0.39, 0.29) is 37.8 Å². The summed E-state index contributed by atoms with van der Waals surface area (Å²) in [6.07, 6.45) is 0.0164. The molecule has 4 atom stereocenters. The lowest BCUT2D eigenvalue weighted by Crippen LogP contribution is -2.59. The molecule has 3 heterocycles. The maximum absolute atomic E-state index is 14.4. The highest BCUT2D eigenvalue weighted by Crippen LogP contribution is 2.44. The number of benzene rings is 3. The molecular formula is C46H53BrFN7O8. The summed E-state index contributed by atoms with van der Waals surface area (Å²) < 4.78 is 26.5. The first-order valence-corrected chi connectivity index (χ1v) is 21.5. The first-order chi connectivity index (χ1) is 29.9. The smallest absolute Gasteiger partial charge is 0.407 e. The minimum absolute atomic E-state index is 0.247. The van der Waals surface area contributed by atoms with Gasteiger partial charge in [-0.3, -0.25) is 19.2 Å². The van der Waals surface area contributed by atoms with Gasteiger partial charge in [0, 0.05) is 23.2 Å². The summed E-state index contributed by atoms with van der Waals surface area (Å²) >= 11 is 3.77. The molecule has 334 valence electrons. The third-order valence-electron chi connectivity index (χ3n) is 12.2. The lowest BCUT2D eigenvalue weighted by Gasteiger charge is -2.39. The molecule has 0 radical (unpaired) electrons. The molecule has 2 aliphatic heterocycles. The minimum atomic E-state index is -1.49. The van der Waals surface area contributed by atoms with E-state index in [0.29, 0.717) is 56.6 Å². The second kappa shape index (κ2) is 18.6. The molecule has 4 aromatic rings. The first kappa shape index (κ1) is 46.3. The fourth-order valence-corrected chi connectivity index (χ4v) is 9.63. The number of halogens is 2. The number of carbonyl (C=O) groups excluding carboxylic acids is 6. The van der Waals surface area contributed by atoms with Crippen LogP contribution in [0.25, 0.3) is 28.2 Å². The maximum Gasteiger partial charge on any atom is 0.407 e. The van der Waals surface area contributed by atoms with Gasteiger partial charge >= 0.3 is 12.2 Å². The molecule has 6 rings (SSSR count). The Morgan fingerprint density at radius 2 is 1.08 bits per heavy atom. The summed E-state index contributed by atoms with van der Waals surface area (Å²) in [5.41, 5.74) is 13.7. The van der Waals surface area contributed by atoms with E-state index in [9.17, 15) is 33.2 Å². The van der Waals surface area contributed by atoms with Gasteiger partial charge in [-0.05, 0) is 106 Å². The summed E-state index contributed by atoms with van der Waals surface area (Å²) in [6, 6.07) is 20.3. The van der Waals surface area contributed by atoms with E-state index < -0.39 is 64.8 Å². The molecule has 1 aromatic heterocycles. The predicted octanol–water partition coefficient (Wildman–Crippen LogP) is 6.08.